The zero-order valence-electron chi connectivity index (χ0n) is 8.85. The smallest absolute Gasteiger partial charge is 0.178 e. The van der Waals surface area contributed by atoms with Gasteiger partial charge < -0.3 is 5.32 Å². The van der Waals surface area contributed by atoms with Gasteiger partial charge in [-0.25, -0.2) is 9.97 Å². The molecule has 1 N–H and O–H groups in total. The average molecular weight is 212 g/mol. The molecule has 0 atom stereocenters. The molecule has 0 aliphatic carbocycles. The molecular weight excluding hydrogens is 200 g/mol. The lowest BCUT2D eigenvalue weighted by Crippen LogP contribution is -2.23. The van der Waals surface area contributed by atoms with Crippen LogP contribution in [0.1, 0.15) is 11.1 Å². The second kappa shape index (κ2) is 3.98. The van der Waals surface area contributed by atoms with Gasteiger partial charge in [0.15, 0.2) is 5.82 Å². The van der Waals surface area contributed by atoms with Crippen molar-refractivity contribution in [2.45, 2.75) is 13.0 Å². The molecule has 3 heterocycles. The van der Waals surface area contributed by atoms with Crippen LogP contribution in [0.2, 0.25) is 0 Å². The van der Waals surface area contributed by atoms with E-state index in [1.165, 1.54) is 11.1 Å². The van der Waals surface area contributed by atoms with Gasteiger partial charge in [0.2, 0.25) is 0 Å². The summed E-state index contributed by atoms with van der Waals surface area (Å²) in [5.74, 6) is 0.698. The van der Waals surface area contributed by atoms with Crippen LogP contribution in [0.15, 0.2) is 30.7 Å². The zero-order chi connectivity index (χ0) is 10.8. The molecule has 3 rings (SSSR count). The molecular formula is C12H12N4. The molecule has 0 unspecified atom stereocenters. The van der Waals surface area contributed by atoms with Gasteiger partial charge in [0.1, 0.15) is 5.69 Å². The molecule has 0 bridgehead atoms. The van der Waals surface area contributed by atoms with Crippen molar-refractivity contribution in [3.8, 4) is 11.5 Å². The Hall–Kier alpha value is -1.81. The number of nitrogens with one attached hydrogen (secondary N) is 1. The molecule has 4 nitrogen and oxygen atoms in total. The first-order valence-corrected chi connectivity index (χ1v) is 5.39. The van der Waals surface area contributed by atoms with Gasteiger partial charge in [-0.05, 0) is 36.2 Å². The average Bonchev–Trinajstić information content (AvgIpc) is 2.39. The molecule has 0 aromatic carbocycles. The van der Waals surface area contributed by atoms with Crippen molar-refractivity contribution in [1.82, 2.24) is 20.3 Å². The Bertz CT molecular complexity index is 496. The number of hydrogen-bond acceptors (Lipinski definition) is 4. The summed E-state index contributed by atoms with van der Waals surface area (Å²) in [6.07, 6.45) is 6.46. The third-order valence-corrected chi connectivity index (χ3v) is 2.76. The first-order chi connectivity index (χ1) is 7.93. The Morgan fingerprint density at radius 3 is 2.81 bits per heavy atom. The van der Waals surface area contributed by atoms with Crippen LogP contribution in [0.5, 0.6) is 0 Å². The van der Waals surface area contributed by atoms with E-state index in [1.807, 2.05) is 12.3 Å². The first-order valence-electron chi connectivity index (χ1n) is 5.39. The first kappa shape index (κ1) is 9.42. The van der Waals surface area contributed by atoms with E-state index in [9.17, 15) is 0 Å². The Labute approximate surface area is 93.8 Å². The van der Waals surface area contributed by atoms with Crippen LogP contribution in [0.4, 0.5) is 0 Å². The maximum atomic E-state index is 4.40. The normalized spacial score (nSPS) is 14.5. The van der Waals surface area contributed by atoms with Gasteiger partial charge in [-0.2, -0.15) is 0 Å². The minimum absolute atomic E-state index is 0.698. The standard InChI is InChI=1S/C12H12N4/c1-3-14-12(15-4-1)11-6-9-2-5-13-7-10(9)8-16-11/h1,3-4,6,8,13H,2,5,7H2. The van der Waals surface area contributed by atoms with Gasteiger partial charge in [-0.15, -0.1) is 0 Å². The number of rotatable bonds is 1. The third kappa shape index (κ3) is 1.67. The fourth-order valence-electron chi connectivity index (χ4n) is 1.92. The molecule has 0 spiro atoms. The monoisotopic (exact) mass is 212 g/mol. The van der Waals surface area contributed by atoms with Crippen LogP contribution >= 0.6 is 0 Å². The Balaban J connectivity index is 2.03. The minimum Gasteiger partial charge on any atom is -0.312 e. The minimum atomic E-state index is 0.698. The van der Waals surface area contributed by atoms with Crippen molar-refractivity contribution in [3.05, 3.63) is 41.9 Å². The summed E-state index contributed by atoms with van der Waals surface area (Å²) < 4.78 is 0. The second-order valence-electron chi connectivity index (χ2n) is 3.84. The lowest BCUT2D eigenvalue weighted by Gasteiger charge is -2.16. The lowest BCUT2D eigenvalue weighted by molar-refractivity contribution is 0.641. The molecule has 16 heavy (non-hydrogen) atoms. The maximum absolute atomic E-state index is 4.40. The highest BCUT2D eigenvalue weighted by Crippen LogP contribution is 2.18. The molecule has 0 amide bonds. The SMILES string of the molecule is c1cnc(-c2cc3c(cn2)CNCC3)nc1. The van der Waals surface area contributed by atoms with Crippen LogP contribution in [0.3, 0.4) is 0 Å². The van der Waals surface area contributed by atoms with Gasteiger partial charge in [0.25, 0.3) is 0 Å². The quantitative estimate of drug-likeness (QED) is 0.771. The third-order valence-electron chi connectivity index (χ3n) is 2.76. The highest BCUT2D eigenvalue weighted by molar-refractivity contribution is 5.51. The molecule has 1 aliphatic rings. The van der Waals surface area contributed by atoms with Gasteiger partial charge in [0.05, 0.1) is 0 Å². The Kier molecular flexibility index (Phi) is 2.34. The van der Waals surface area contributed by atoms with Crippen LogP contribution in [-0.2, 0) is 13.0 Å². The molecule has 0 saturated heterocycles. The van der Waals surface area contributed by atoms with E-state index in [-0.39, 0.29) is 0 Å². The molecule has 80 valence electrons. The van der Waals surface area contributed by atoms with Gasteiger partial charge in [-0.1, -0.05) is 0 Å². The van der Waals surface area contributed by atoms with E-state index < -0.39 is 0 Å². The van der Waals surface area contributed by atoms with E-state index >= 15 is 0 Å². The predicted octanol–water partition coefficient (Wildman–Crippen LogP) is 1.18. The van der Waals surface area contributed by atoms with Crippen molar-refractivity contribution in [2.75, 3.05) is 6.54 Å². The number of pyridine rings is 1. The summed E-state index contributed by atoms with van der Waals surface area (Å²) >= 11 is 0. The fraction of sp³-hybridized carbons (Fsp3) is 0.250. The largest absolute Gasteiger partial charge is 0.312 e. The summed E-state index contributed by atoms with van der Waals surface area (Å²) in [6.45, 7) is 1.95. The fourth-order valence-corrected chi connectivity index (χ4v) is 1.92. The molecule has 0 saturated carbocycles. The Morgan fingerprint density at radius 2 is 1.94 bits per heavy atom. The predicted molar refractivity (Wildman–Crippen MR) is 60.7 cm³/mol. The molecule has 0 fully saturated rings. The van der Waals surface area contributed by atoms with Crippen LogP contribution in [0.25, 0.3) is 11.5 Å². The van der Waals surface area contributed by atoms with E-state index in [0.29, 0.717) is 5.82 Å². The van der Waals surface area contributed by atoms with Gasteiger partial charge in [0, 0.05) is 25.1 Å². The lowest BCUT2D eigenvalue weighted by atomic mass is 10.0. The van der Waals surface area contributed by atoms with Crippen LogP contribution in [0, 0.1) is 0 Å². The highest BCUT2D eigenvalue weighted by atomic mass is 14.9. The number of nitrogens with zero attached hydrogens (tertiary/aromatic N) is 3. The molecule has 2 aromatic rings. The van der Waals surface area contributed by atoms with Gasteiger partial charge >= 0.3 is 0 Å². The van der Waals surface area contributed by atoms with Crippen LogP contribution < -0.4 is 5.32 Å². The second-order valence-corrected chi connectivity index (χ2v) is 3.84. The van der Waals surface area contributed by atoms with E-state index in [0.717, 1.165) is 25.2 Å². The van der Waals surface area contributed by atoms with Gasteiger partial charge in [-0.3, -0.25) is 4.98 Å². The molecule has 2 aromatic heterocycles. The highest BCUT2D eigenvalue weighted by Gasteiger charge is 2.11. The van der Waals surface area contributed by atoms with Crippen molar-refractivity contribution in [2.24, 2.45) is 0 Å². The summed E-state index contributed by atoms with van der Waals surface area (Å²) in [5, 5.41) is 3.33. The summed E-state index contributed by atoms with van der Waals surface area (Å²) in [7, 11) is 0. The molecule has 4 heteroatoms. The molecule has 1 aliphatic heterocycles. The van der Waals surface area contributed by atoms with Crippen molar-refractivity contribution in [1.29, 1.82) is 0 Å². The topological polar surface area (TPSA) is 50.7 Å². The van der Waals surface area contributed by atoms with E-state index in [4.69, 9.17) is 0 Å². The molecule has 0 radical (unpaired) electrons. The van der Waals surface area contributed by atoms with Crippen molar-refractivity contribution >= 4 is 0 Å². The zero-order valence-corrected chi connectivity index (χ0v) is 8.85. The number of hydrogen-bond donors (Lipinski definition) is 1. The summed E-state index contributed by atoms with van der Waals surface area (Å²) in [6, 6.07) is 3.91. The Morgan fingerprint density at radius 1 is 1.06 bits per heavy atom. The van der Waals surface area contributed by atoms with E-state index in [1.54, 1.807) is 12.4 Å². The van der Waals surface area contributed by atoms with Crippen molar-refractivity contribution < 1.29 is 0 Å². The summed E-state index contributed by atoms with van der Waals surface area (Å²) in [4.78, 5) is 12.8. The summed E-state index contributed by atoms with van der Waals surface area (Å²) in [5.41, 5.74) is 3.50. The van der Waals surface area contributed by atoms with Crippen molar-refractivity contribution in [3.63, 3.8) is 0 Å². The number of aromatic nitrogens is 3. The van der Waals surface area contributed by atoms with Crippen LogP contribution in [-0.4, -0.2) is 21.5 Å². The maximum Gasteiger partial charge on any atom is 0.178 e. The number of fused-ring (bicyclic) bond motifs is 1. The van der Waals surface area contributed by atoms with E-state index in [2.05, 4.69) is 26.3 Å².